The summed E-state index contributed by atoms with van der Waals surface area (Å²) in [5.41, 5.74) is 5.72. The molecule has 0 spiro atoms. The smallest absolute Gasteiger partial charge is 0.199 e. The van der Waals surface area contributed by atoms with E-state index in [1.807, 2.05) is 0 Å². The Labute approximate surface area is 99.6 Å². The third-order valence-corrected chi connectivity index (χ3v) is 5.54. The molecule has 3 nitrogen and oxygen atoms in total. The summed E-state index contributed by atoms with van der Waals surface area (Å²) in [6.07, 6.45) is 7.22. The second-order valence-electron chi connectivity index (χ2n) is 5.95. The maximum absolute atomic E-state index is 5.72. The molecule has 1 aromatic heterocycles. The van der Waals surface area contributed by atoms with Gasteiger partial charge in [0.25, 0.3) is 0 Å². The van der Waals surface area contributed by atoms with Gasteiger partial charge in [0.05, 0.1) is 0 Å². The molecule has 4 aliphatic rings. The molecule has 0 aliphatic heterocycles. The van der Waals surface area contributed by atoms with Crippen molar-refractivity contribution in [3.8, 4) is 0 Å². The highest BCUT2D eigenvalue weighted by molar-refractivity contribution is 7.09. The summed E-state index contributed by atoms with van der Waals surface area (Å²) in [7, 11) is 0. The van der Waals surface area contributed by atoms with Crippen LogP contribution in [-0.4, -0.2) is 9.36 Å². The van der Waals surface area contributed by atoms with E-state index >= 15 is 0 Å². The number of nitrogen functional groups attached to an aromatic ring is 1. The molecule has 4 bridgehead atoms. The van der Waals surface area contributed by atoms with Gasteiger partial charge in [-0.1, -0.05) is 0 Å². The molecule has 0 radical (unpaired) electrons. The molecule has 0 aromatic carbocycles. The van der Waals surface area contributed by atoms with Crippen LogP contribution >= 0.6 is 11.5 Å². The van der Waals surface area contributed by atoms with Gasteiger partial charge in [-0.25, -0.2) is 4.98 Å². The summed E-state index contributed by atoms with van der Waals surface area (Å²) in [6.45, 7) is 0. The van der Waals surface area contributed by atoms with Crippen LogP contribution in [0.25, 0.3) is 0 Å². The fraction of sp³-hybridized carbons (Fsp3) is 0.833. The second-order valence-corrected chi connectivity index (χ2v) is 6.73. The highest BCUT2D eigenvalue weighted by atomic mass is 32.1. The van der Waals surface area contributed by atoms with Crippen molar-refractivity contribution in [1.29, 1.82) is 0 Å². The van der Waals surface area contributed by atoms with Crippen molar-refractivity contribution in [2.45, 2.75) is 38.0 Å². The molecule has 0 amide bonds. The lowest BCUT2D eigenvalue weighted by molar-refractivity contribution is -0.00523. The number of nitrogens with zero attached hydrogens (tertiary/aromatic N) is 2. The number of hydrogen-bond donors (Lipinski definition) is 1. The van der Waals surface area contributed by atoms with Crippen LogP contribution in [0.4, 0.5) is 5.13 Å². The first-order valence-electron chi connectivity index (χ1n) is 6.38. The average Bonchev–Trinajstić information content (AvgIpc) is 2.63. The quantitative estimate of drug-likeness (QED) is 0.814. The van der Waals surface area contributed by atoms with Crippen molar-refractivity contribution in [3.63, 3.8) is 0 Å². The van der Waals surface area contributed by atoms with Gasteiger partial charge in [-0.15, -0.1) is 0 Å². The molecule has 2 N–H and O–H groups in total. The minimum absolute atomic E-state index is 0.640. The number of hydrogen-bond acceptors (Lipinski definition) is 4. The van der Waals surface area contributed by atoms with E-state index in [-0.39, 0.29) is 0 Å². The predicted octanol–water partition coefficient (Wildman–Crippen LogP) is 2.66. The van der Waals surface area contributed by atoms with Gasteiger partial charge in [-0.2, -0.15) is 4.37 Å². The molecule has 1 heterocycles. The lowest BCUT2D eigenvalue weighted by atomic mass is 9.52. The summed E-state index contributed by atoms with van der Waals surface area (Å²) in [6, 6.07) is 0. The average molecular weight is 235 g/mol. The van der Waals surface area contributed by atoms with Crippen LogP contribution in [0.5, 0.6) is 0 Å². The highest BCUT2D eigenvalue weighted by Gasteiger charge is 2.49. The molecular formula is C12H17N3S. The first-order valence-corrected chi connectivity index (χ1v) is 7.16. The molecule has 16 heavy (non-hydrogen) atoms. The molecule has 5 rings (SSSR count). The molecule has 4 saturated carbocycles. The summed E-state index contributed by atoms with van der Waals surface area (Å²) in [5.74, 6) is 5.48. The van der Waals surface area contributed by atoms with Gasteiger partial charge in [0.15, 0.2) is 5.13 Å². The lowest BCUT2D eigenvalue weighted by Crippen LogP contribution is -2.44. The second kappa shape index (κ2) is 3.19. The van der Waals surface area contributed by atoms with Crippen molar-refractivity contribution >= 4 is 16.7 Å². The summed E-state index contributed by atoms with van der Waals surface area (Å²) in [5, 5.41) is 0.642. The van der Waals surface area contributed by atoms with Gasteiger partial charge < -0.3 is 5.73 Å². The van der Waals surface area contributed by atoms with Crippen LogP contribution in [-0.2, 0) is 0 Å². The van der Waals surface area contributed by atoms with Gasteiger partial charge in [0.2, 0.25) is 0 Å². The van der Waals surface area contributed by atoms with Crippen LogP contribution in [0.3, 0.4) is 0 Å². The Morgan fingerprint density at radius 1 is 1.00 bits per heavy atom. The van der Waals surface area contributed by atoms with Gasteiger partial charge in [0, 0.05) is 17.5 Å². The first kappa shape index (κ1) is 9.40. The normalized spacial score (nSPS) is 45.1. The number of rotatable bonds is 1. The summed E-state index contributed by atoms with van der Waals surface area (Å²) in [4.78, 5) is 4.44. The van der Waals surface area contributed by atoms with E-state index in [2.05, 4.69) is 9.36 Å². The van der Waals surface area contributed by atoms with Gasteiger partial charge >= 0.3 is 0 Å². The first-order chi connectivity index (χ1) is 7.79. The summed E-state index contributed by atoms with van der Waals surface area (Å²) >= 11 is 1.37. The van der Waals surface area contributed by atoms with Crippen molar-refractivity contribution < 1.29 is 0 Å². The molecule has 0 saturated heterocycles. The Bertz CT molecular complexity index is 386. The largest absolute Gasteiger partial charge is 0.374 e. The Balaban J connectivity index is 1.69. The van der Waals surface area contributed by atoms with Crippen LogP contribution in [0.2, 0.25) is 0 Å². The van der Waals surface area contributed by atoms with E-state index in [0.29, 0.717) is 11.0 Å². The van der Waals surface area contributed by atoms with Crippen LogP contribution in [0, 0.1) is 23.7 Å². The van der Waals surface area contributed by atoms with Crippen molar-refractivity contribution in [2.75, 3.05) is 5.73 Å². The number of anilines is 1. The number of aromatic nitrogens is 2. The fourth-order valence-electron chi connectivity index (χ4n) is 4.73. The third-order valence-electron chi connectivity index (χ3n) is 4.98. The van der Waals surface area contributed by atoms with E-state index < -0.39 is 0 Å². The minimum atomic E-state index is 0.640. The van der Waals surface area contributed by atoms with Gasteiger partial charge in [-0.3, -0.25) is 0 Å². The maximum Gasteiger partial charge on any atom is 0.199 e. The third kappa shape index (κ3) is 1.25. The Hall–Kier alpha value is -0.640. The Morgan fingerprint density at radius 2 is 1.62 bits per heavy atom. The van der Waals surface area contributed by atoms with Gasteiger partial charge in [0.1, 0.15) is 5.82 Å². The van der Waals surface area contributed by atoms with E-state index in [1.165, 1.54) is 43.6 Å². The molecular weight excluding hydrogens is 218 g/mol. The van der Waals surface area contributed by atoms with E-state index in [9.17, 15) is 0 Å². The highest BCUT2D eigenvalue weighted by Crippen LogP contribution is 2.59. The topological polar surface area (TPSA) is 51.8 Å². The van der Waals surface area contributed by atoms with Crippen LogP contribution < -0.4 is 5.73 Å². The monoisotopic (exact) mass is 235 g/mol. The van der Waals surface area contributed by atoms with Gasteiger partial charge in [-0.05, 0) is 55.8 Å². The molecule has 0 unspecified atom stereocenters. The van der Waals surface area contributed by atoms with E-state index in [0.717, 1.165) is 29.5 Å². The van der Waals surface area contributed by atoms with Crippen LogP contribution in [0.1, 0.15) is 43.8 Å². The van der Waals surface area contributed by atoms with E-state index in [1.54, 1.807) is 0 Å². The number of nitrogens with two attached hydrogens (primary N) is 1. The summed E-state index contributed by atoms with van der Waals surface area (Å²) < 4.78 is 4.47. The zero-order valence-electron chi connectivity index (χ0n) is 9.30. The zero-order valence-corrected chi connectivity index (χ0v) is 10.1. The predicted molar refractivity (Wildman–Crippen MR) is 64.1 cm³/mol. The lowest BCUT2D eigenvalue weighted by Gasteiger charge is -2.53. The Kier molecular flexibility index (Phi) is 1.87. The van der Waals surface area contributed by atoms with Crippen LogP contribution in [0.15, 0.2) is 0 Å². The van der Waals surface area contributed by atoms with Crippen molar-refractivity contribution in [2.24, 2.45) is 23.7 Å². The minimum Gasteiger partial charge on any atom is -0.374 e. The standard InChI is InChI=1S/C12H17N3S/c13-12-14-11(15-16-12)10-8-2-6-1-7(4-8)5-9(10)3-6/h6-10H,1-5H2,(H2,13,14,15). The van der Waals surface area contributed by atoms with Crippen molar-refractivity contribution in [3.05, 3.63) is 5.82 Å². The zero-order chi connectivity index (χ0) is 10.7. The molecule has 4 heteroatoms. The molecule has 1 aromatic rings. The fourth-order valence-corrected chi connectivity index (χ4v) is 5.21. The van der Waals surface area contributed by atoms with E-state index in [4.69, 9.17) is 5.73 Å². The SMILES string of the molecule is Nc1nc(C2C3CC4CC(C3)CC2C4)ns1. The molecule has 4 fully saturated rings. The molecule has 86 valence electrons. The Morgan fingerprint density at radius 3 is 2.12 bits per heavy atom. The maximum atomic E-state index is 5.72. The van der Waals surface area contributed by atoms with Crippen molar-refractivity contribution in [1.82, 2.24) is 9.36 Å². The molecule has 4 aliphatic carbocycles. The molecule has 0 atom stereocenters.